The van der Waals surface area contributed by atoms with Crippen LogP contribution in [0, 0.1) is 0 Å². The molecule has 2 aliphatic rings. The van der Waals surface area contributed by atoms with Crippen molar-refractivity contribution >= 4 is 32.6 Å². The number of aromatic amines is 1. The average Bonchev–Trinajstić information content (AvgIpc) is 3.24. The van der Waals surface area contributed by atoms with Crippen LogP contribution in [0.25, 0.3) is 10.9 Å². The minimum Gasteiger partial charge on any atom is -0.485 e. The van der Waals surface area contributed by atoms with E-state index >= 15 is 0 Å². The SMILES string of the molecule is CC1(C)c2cc(O[C@H]3COC[C@@H]3O)ccc2C(=O)c2c1[nH]c1cc(Br)ccc21. The van der Waals surface area contributed by atoms with Crippen molar-refractivity contribution in [2.24, 2.45) is 0 Å². The Labute approximate surface area is 170 Å². The van der Waals surface area contributed by atoms with Crippen LogP contribution in [0.4, 0.5) is 0 Å². The summed E-state index contributed by atoms with van der Waals surface area (Å²) in [6.07, 6.45) is -1.02. The summed E-state index contributed by atoms with van der Waals surface area (Å²) < 4.78 is 12.2. The van der Waals surface area contributed by atoms with E-state index in [2.05, 4.69) is 34.8 Å². The number of rotatable bonds is 2. The molecule has 5 rings (SSSR count). The molecule has 0 saturated carbocycles. The van der Waals surface area contributed by atoms with Crippen LogP contribution in [0.1, 0.15) is 41.0 Å². The molecule has 0 spiro atoms. The highest BCUT2D eigenvalue weighted by molar-refractivity contribution is 9.10. The maximum Gasteiger partial charge on any atom is 0.195 e. The van der Waals surface area contributed by atoms with Gasteiger partial charge in [-0.15, -0.1) is 0 Å². The quantitative estimate of drug-likeness (QED) is 0.631. The van der Waals surface area contributed by atoms with Gasteiger partial charge in [-0.25, -0.2) is 0 Å². The summed E-state index contributed by atoms with van der Waals surface area (Å²) >= 11 is 3.50. The fraction of sp³-hybridized carbons (Fsp3) is 0.318. The van der Waals surface area contributed by atoms with E-state index in [9.17, 15) is 9.90 Å². The highest BCUT2D eigenvalue weighted by Crippen LogP contribution is 2.45. The molecule has 2 atom stereocenters. The number of ketones is 1. The molecular weight excluding hydrogens is 422 g/mol. The molecule has 0 radical (unpaired) electrons. The largest absolute Gasteiger partial charge is 0.485 e. The molecule has 5 nitrogen and oxygen atoms in total. The monoisotopic (exact) mass is 441 g/mol. The molecule has 0 amide bonds. The Morgan fingerprint density at radius 3 is 2.79 bits per heavy atom. The first-order valence-electron chi connectivity index (χ1n) is 9.29. The number of hydrogen-bond donors (Lipinski definition) is 2. The van der Waals surface area contributed by atoms with Gasteiger partial charge in [-0.1, -0.05) is 35.8 Å². The van der Waals surface area contributed by atoms with E-state index in [0.717, 1.165) is 32.2 Å². The number of aromatic nitrogens is 1. The maximum atomic E-state index is 13.3. The molecule has 1 aromatic heterocycles. The van der Waals surface area contributed by atoms with Crippen LogP contribution in [0.5, 0.6) is 5.75 Å². The van der Waals surface area contributed by atoms with Crippen molar-refractivity contribution < 1.29 is 19.4 Å². The number of carbonyl (C=O) groups excluding carboxylic acids is 1. The number of H-pyrrole nitrogens is 1. The van der Waals surface area contributed by atoms with E-state index in [-0.39, 0.29) is 18.5 Å². The normalized spacial score (nSPS) is 22.9. The van der Waals surface area contributed by atoms with Crippen LogP contribution in [0.2, 0.25) is 0 Å². The molecule has 1 aliphatic heterocycles. The van der Waals surface area contributed by atoms with Gasteiger partial charge in [-0.2, -0.15) is 0 Å². The lowest BCUT2D eigenvalue weighted by atomic mass is 9.71. The van der Waals surface area contributed by atoms with Gasteiger partial charge in [0.1, 0.15) is 18.0 Å². The molecule has 3 aromatic rings. The lowest BCUT2D eigenvalue weighted by Crippen LogP contribution is -2.32. The molecule has 0 unspecified atom stereocenters. The molecule has 2 N–H and O–H groups in total. The van der Waals surface area contributed by atoms with Gasteiger partial charge in [0.15, 0.2) is 5.78 Å². The second-order valence-corrected chi connectivity index (χ2v) is 8.90. The number of ether oxygens (including phenoxy) is 2. The average molecular weight is 442 g/mol. The van der Waals surface area contributed by atoms with Gasteiger partial charge in [0, 0.05) is 32.0 Å². The molecule has 6 heteroatoms. The van der Waals surface area contributed by atoms with E-state index in [4.69, 9.17) is 9.47 Å². The van der Waals surface area contributed by atoms with E-state index in [1.807, 2.05) is 30.3 Å². The topological polar surface area (TPSA) is 71.5 Å². The Hall–Kier alpha value is -2.15. The molecule has 2 heterocycles. The van der Waals surface area contributed by atoms with Crippen molar-refractivity contribution in [3.8, 4) is 5.75 Å². The van der Waals surface area contributed by atoms with Crippen LogP contribution < -0.4 is 4.74 Å². The fourth-order valence-corrected chi connectivity index (χ4v) is 4.63. The Balaban J connectivity index is 1.63. The van der Waals surface area contributed by atoms with E-state index in [1.165, 1.54) is 0 Å². The Morgan fingerprint density at radius 2 is 2.04 bits per heavy atom. The van der Waals surface area contributed by atoms with Crippen molar-refractivity contribution in [1.82, 2.24) is 4.98 Å². The highest BCUT2D eigenvalue weighted by Gasteiger charge is 2.40. The zero-order chi connectivity index (χ0) is 19.6. The summed E-state index contributed by atoms with van der Waals surface area (Å²) in [4.78, 5) is 16.8. The van der Waals surface area contributed by atoms with Crippen LogP contribution in [0.15, 0.2) is 40.9 Å². The van der Waals surface area contributed by atoms with E-state index < -0.39 is 11.5 Å². The number of nitrogens with one attached hydrogen (secondary N) is 1. The summed E-state index contributed by atoms with van der Waals surface area (Å²) in [6.45, 7) is 4.87. The number of halogens is 1. The number of carbonyl (C=O) groups is 1. The highest BCUT2D eigenvalue weighted by atomic mass is 79.9. The smallest absolute Gasteiger partial charge is 0.195 e. The second kappa shape index (κ2) is 6.17. The van der Waals surface area contributed by atoms with Crippen LogP contribution in [-0.2, 0) is 10.2 Å². The lowest BCUT2D eigenvalue weighted by molar-refractivity contribution is 0.0732. The number of benzene rings is 2. The summed E-state index contributed by atoms with van der Waals surface area (Å²) in [5, 5.41) is 10.9. The van der Waals surface area contributed by atoms with Crippen LogP contribution in [-0.4, -0.2) is 41.3 Å². The zero-order valence-electron chi connectivity index (χ0n) is 15.6. The molecule has 1 saturated heterocycles. The van der Waals surface area contributed by atoms with E-state index in [0.29, 0.717) is 17.9 Å². The number of aliphatic hydroxyl groups is 1. The minimum atomic E-state index is -0.635. The van der Waals surface area contributed by atoms with E-state index in [1.54, 1.807) is 6.07 Å². The Kier molecular flexibility index (Phi) is 3.95. The summed E-state index contributed by atoms with van der Waals surface area (Å²) in [7, 11) is 0. The van der Waals surface area contributed by atoms with Crippen molar-refractivity contribution in [3.05, 3.63) is 63.3 Å². The number of fused-ring (bicyclic) bond motifs is 4. The third kappa shape index (κ3) is 2.55. The first kappa shape index (κ1) is 17.9. The van der Waals surface area contributed by atoms with Gasteiger partial charge >= 0.3 is 0 Å². The molecular formula is C22H20BrNO4. The van der Waals surface area contributed by atoms with Gasteiger partial charge in [-0.3, -0.25) is 4.79 Å². The Bertz CT molecular complexity index is 1120. The molecule has 28 heavy (non-hydrogen) atoms. The van der Waals surface area contributed by atoms with Crippen molar-refractivity contribution in [1.29, 1.82) is 0 Å². The summed E-state index contributed by atoms with van der Waals surface area (Å²) in [5.41, 5.74) is 3.82. The predicted molar refractivity (Wildman–Crippen MR) is 109 cm³/mol. The third-order valence-electron chi connectivity index (χ3n) is 5.81. The molecule has 0 bridgehead atoms. The first-order chi connectivity index (χ1) is 13.4. The number of aliphatic hydroxyl groups excluding tert-OH is 1. The number of hydrogen-bond acceptors (Lipinski definition) is 4. The van der Waals surface area contributed by atoms with Crippen LogP contribution >= 0.6 is 15.9 Å². The fourth-order valence-electron chi connectivity index (χ4n) is 4.27. The molecule has 1 aliphatic carbocycles. The summed E-state index contributed by atoms with van der Waals surface area (Å²) in [6, 6.07) is 11.5. The first-order valence-corrected chi connectivity index (χ1v) is 10.1. The summed E-state index contributed by atoms with van der Waals surface area (Å²) in [5.74, 6) is 0.658. The standard InChI is InChI=1S/C22H20BrNO4/c1-22(2)15-8-12(28-18-10-27-9-17(18)25)4-6-13(15)20(26)19-14-5-3-11(23)7-16(14)24-21(19)22/h3-8,17-18,24-25H,9-10H2,1-2H3/t17-,18-/m0/s1. The van der Waals surface area contributed by atoms with Crippen molar-refractivity contribution in [2.75, 3.05) is 13.2 Å². The molecule has 144 valence electrons. The van der Waals surface area contributed by atoms with Crippen molar-refractivity contribution in [3.63, 3.8) is 0 Å². The second-order valence-electron chi connectivity index (χ2n) is 7.99. The van der Waals surface area contributed by atoms with Gasteiger partial charge < -0.3 is 19.6 Å². The van der Waals surface area contributed by atoms with Gasteiger partial charge in [0.25, 0.3) is 0 Å². The van der Waals surface area contributed by atoms with Crippen LogP contribution in [0.3, 0.4) is 0 Å². The lowest BCUT2D eigenvalue weighted by Gasteiger charge is -2.32. The van der Waals surface area contributed by atoms with Crippen molar-refractivity contribution in [2.45, 2.75) is 31.5 Å². The van der Waals surface area contributed by atoms with Gasteiger partial charge in [0.2, 0.25) is 0 Å². The molecule has 1 fully saturated rings. The van der Waals surface area contributed by atoms with Gasteiger partial charge in [-0.05, 0) is 35.9 Å². The van der Waals surface area contributed by atoms with Gasteiger partial charge in [0.05, 0.1) is 18.8 Å². The minimum absolute atomic E-state index is 0.0219. The predicted octanol–water partition coefficient (Wildman–Crippen LogP) is 3.94. The Morgan fingerprint density at radius 1 is 1.21 bits per heavy atom. The third-order valence-corrected chi connectivity index (χ3v) is 6.30. The maximum absolute atomic E-state index is 13.3. The molecule has 2 aromatic carbocycles. The zero-order valence-corrected chi connectivity index (χ0v) is 17.2.